The van der Waals surface area contributed by atoms with Gasteiger partial charge in [-0.25, -0.2) is 5.90 Å². The van der Waals surface area contributed by atoms with E-state index in [9.17, 15) is 0 Å². The normalized spacial score (nSPS) is 31.5. The van der Waals surface area contributed by atoms with Crippen LogP contribution in [0.5, 0.6) is 0 Å². The fraction of sp³-hybridized carbons (Fsp3) is 1.00. The second kappa shape index (κ2) is 2.44. The molecule has 0 bridgehead atoms. The van der Waals surface area contributed by atoms with E-state index in [0.29, 0.717) is 6.04 Å². The van der Waals surface area contributed by atoms with Gasteiger partial charge in [0.2, 0.25) is 0 Å². The van der Waals surface area contributed by atoms with Gasteiger partial charge in [0.25, 0.3) is 0 Å². The Balaban J connectivity index is 2.13. The van der Waals surface area contributed by atoms with Gasteiger partial charge in [-0.2, -0.15) is 0 Å². The Morgan fingerprint density at radius 1 is 1.88 bits per heavy atom. The lowest BCUT2D eigenvalue weighted by Gasteiger charge is -2.31. The Bertz CT molecular complexity index is 70.1. The highest BCUT2D eigenvalue weighted by Gasteiger charge is 2.22. The molecule has 1 unspecified atom stereocenters. The van der Waals surface area contributed by atoms with E-state index in [4.69, 9.17) is 5.90 Å². The van der Waals surface area contributed by atoms with Crippen LogP contribution in [0.25, 0.3) is 0 Å². The molecule has 0 aromatic carbocycles. The molecule has 0 radical (unpaired) electrons. The average Bonchev–Trinajstić information content (AvgIpc) is 1.62. The zero-order valence-corrected chi connectivity index (χ0v) is 5.05. The molecular formula is C5H12N2O. The van der Waals surface area contributed by atoms with Gasteiger partial charge in [0, 0.05) is 6.04 Å². The average molecular weight is 116 g/mol. The van der Waals surface area contributed by atoms with Crippen molar-refractivity contribution in [1.82, 2.24) is 5.32 Å². The van der Waals surface area contributed by atoms with Crippen LogP contribution in [0, 0.1) is 0 Å². The van der Waals surface area contributed by atoms with Gasteiger partial charge in [-0.15, -0.1) is 0 Å². The van der Waals surface area contributed by atoms with Crippen LogP contribution in [-0.4, -0.2) is 18.7 Å². The summed E-state index contributed by atoms with van der Waals surface area (Å²) in [5.74, 6) is 4.94. The predicted molar refractivity (Wildman–Crippen MR) is 31.1 cm³/mol. The van der Waals surface area contributed by atoms with E-state index >= 15 is 0 Å². The zero-order valence-electron chi connectivity index (χ0n) is 5.05. The molecule has 0 aromatic rings. The maximum absolute atomic E-state index is 4.94. The van der Waals surface area contributed by atoms with Gasteiger partial charge in [-0.1, -0.05) is 0 Å². The summed E-state index contributed by atoms with van der Waals surface area (Å²) in [5.41, 5.74) is 0. The van der Waals surface area contributed by atoms with Crippen LogP contribution in [0.15, 0.2) is 0 Å². The molecule has 1 aliphatic heterocycles. The second-order valence-corrected chi connectivity index (χ2v) is 2.19. The molecule has 0 aliphatic carbocycles. The van der Waals surface area contributed by atoms with Crippen molar-refractivity contribution in [3.8, 4) is 0 Å². The minimum absolute atomic E-state index is 0.170. The fourth-order valence-corrected chi connectivity index (χ4v) is 0.807. The van der Waals surface area contributed by atoms with Crippen LogP contribution in [0.2, 0.25) is 0 Å². The summed E-state index contributed by atoms with van der Waals surface area (Å²) in [5, 5.41) is 3.19. The molecule has 0 aromatic heterocycles. The maximum atomic E-state index is 4.94. The molecule has 1 aliphatic rings. The lowest BCUT2D eigenvalue weighted by molar-refractivity contribution is 0.0206. The summed E-state index contributed by atoms with van der Waals surface area (Å²) in [4.78, 5) is 4.59. The third-order valence-corrected chi connectivity index (χ3v) is 1.64. The Labute approximate surface area is 49.2 Å². The molecule has 1 fully saturated rings. The van der Waals surface area contributed by atoms with Crippen molar-refractivity contribution >= 4 is 0 Å². The minimum atomic E-state index is 0.170. The molecule has 1 rings (SSSR count). The monoisotopic (exact) mass is 116 g/mol. The SMILES string of the molecule is C[C@@H](ON)C1CCN1. The van der Waals surface area contributed by atoms with Gasteiger partial charge >= 0.3 is 0 Å². The Hall–Kier alpha value is -0.120. The van der Waals surface area contributed by atoms with Gasteiger partial charge in [0.15, 0.2) is 0 Å². The Morgan fingerprint density at radius 2 is 2.50 bits per heavy atom. The molecule has 48 valence electrons. The maximum Gasteiger partial charge on any atom is 0.0912 e. The summed E-state index contributed by atoms with van der Waals surface area (Å²) >= 11 is 0. The molecule has 3 nitrogen and oxygen atoms in total. The van der Waals surface area contributed by atoms with Crippen molar-refractivity contribution in [2.75, 3.05) is 6.54 Å². The van der Waals surface area contributed by atoms with Gasteiger partial charge in [-0.05, 0) is 19.9 Å². The first-order valence-electron chi connectivity index (χ1n) is 2.93. The molecule has 3 heteroatoms. The molecule has 8 heavy (non-hydrogen) atoms. The van der Waals surface area contributed by atoms with Crippen LogP contribution in [0.1, 0.15) is 13.3 Å². The Kier molecular flexibility index (Phi) is 1.83. The zero-order chi connectivity index (χ0) is 5.98. The van der Waals surface area contributed by atoms with E-state index in [1.54, 1.807) is 0 Å². The predicted octanol–water partition coefficient (Wildman–Crippen LogP) is -0.373. The standard InChI is InChI=1S/C5H12N2O/c1-4(8-6)5-2-3-7-5/h4-5,7H,2-3,6H2,1H3/t4-,5?/m1/s1. The largest absolute Gasteiger partial charge is 0.311 e. The quantitative estimate of drug-likeness (QED) is 0.484. The van der Waals surface area contributed by atoms with Crippen LogP contribution in [0.4, 0.5) is 0 Å². The summed E-state index contributed by atoms with van der Waals surface area (Å²) in [6.07, 6.45) is 1.36. The fourth-order valence-electron chi connectivity index (χ4n) is 0.807. The van der Waals surface area contributed by atoms with Crippen molar-refractivity contribution < 1.29 is 4.84 Å². The second-order valence-electron chi connectivity index (χ2n) is 2.19. The van der Waals surface area contributed by atoms with Gasteiger partial charge in [-0.3, -0.25) is 4.84 Å². The number of hydrogen-bond acceptors (Lipinski definition) is 3. The molecule has 0 amide bonds. The highest BCUT2D eigenvalue weighted by molar-refractivity contribution is 4.82. The summed E-state index contributed by atoms with van der Waals surface area (Å²) in [6.45, 7) is 3.08. The van der Waals surface area contributed by atoms with Crippen molar-refractivity contribution in [2.24, 2.45) is 5.90 Å². The van der Waals surface area contributed by atoms with Gasteiger partial charge in [0.1, 0.15) is 0 Å². The van der Waals surface area contributed by atoms with Gasteiger partial charge < -0.3 is 5.32 Å². The minimum Gasteiger partial charge on any atom is -0.311 e. The molecular weight excluding hydrogens is 104 g/mol. The number of rotatable bonds is 2. The topological polar surface area (TPSA) is 47.3 Å². The van der Waals surface area contributed by atoms with E-state index < -0.39 is 0 Å². The van der Waals surface area contributed by atoms with E-state index in [1.165, 1.54) is 6.42 Å². The first kappa shape index (κ1) is 6.01. The molecule has 0 spiro atoms. The lowest BCUT2D eigenvalue weighted by atomic mass is 10.0. The van der Waals surface area contributed by atoms with Crippen LogP contribution < -0.4 is 11.2 Å². The van der Waals surface area contributed by atoms with Crippen LogP contribution >= 0.6 is 0 Å². The van der Waals surface area contributed by atoms with Gasteiger partial charge in [0.05, 0.1) is 6.10 Å². The molecule has 2 atom stereocenters. The first-order valence-corrected chi connectivity index (χ1v) is 2.93. The van der Waals surface area contributed by atoms with Crippen molar-refractivity contribution in [3.05, 3.63) is 0 Å². The van der Waals surface area contributed by atoms with Crippen LogP contribution in [0.3, 0.4) is 0 Å². The third kappa shape index (κ3) is 0.992. The highest BCUT2D eigenvalue weighted by Crippen LogP contribution is 2.07. The number of nitrogens with one attached hydrogen (secondary N) is 1. The molecule has 3 N–H and O–H groups in total. The van der Waals surface area contributed by atoms with Crippen molar-refractivity contribution in [3.63, 3.8) is 0 Å². The molecule has 1 saturated heterocycles. The third-order valence-electron chi connectivity index (χ3n) is 1.64. The van der Waals surface area contributed by atoms with E-state index in [2.05, 4.69) is 10.2 Å². The van der Waals surface area contributed by atoms with Crippen molar-refractivity contribution in [1.29, 1.82) is 0 Å². The summed E-state index contributed by atoms with van der Waals surface area (Å²) in [6, 6.07) is 0.500. The lowest BCUT2D eigenvalue weighted by Crippen LogP contribution is -2.51. The van der Waals surface area contributed by atoms with E-state index in [-0.39, 0.29) is 6.10 Å². The van der Waals surface area contributed by atoms with E-state index in [0.717, 1.165) is 6.54 Å². The summed E-state index contributed by atoms with van der Waals surface area (Å²) in [7, 11) is 0. The van der Waals surface area contributed by atoms with Crippen molar-refractivity contribution in [2.45, 2.75) is 25.5 Å². The highest BCUT2D eigenvalue weighted by atomic mass is 16.6. The van der Waals surface area contributed by atoms with Crippen LogP contribution in [-0.2, 0) is 4.84 Å². The number of nitrogens with two attached hydrogens (primary N) is 1. The van der Waals surface area contributed by atoms with E-state index in [1.807, 2.05) is 6.92 Å². The first-order chi connectivity index (χ1) is 3.84. The molecule has 0 saturated carbocycles. The summed E-state index contributed by atoms with van der Waals surface area (Å²) < 4.78 is 0. The Morgan fingerprint density at radius 3 is 2.62 bits per heavy atom. The smallest absolute Gasteiger partial charge is 0.0912 e. The number of hydrogen-bond donors (Lipinski definition) is 2. The molecule has 1 heterocycles.